The minimum Gasteiger partial charge on any atom is -0.277 e. The number of hydrogen-bond donors (Lipinski definition) is 1. The first-order valence-corrected chi connectivity index (χ1v) is 6.55. The summed E-state index contributed by atoms with van der Waals surface area (Å²) in [6.07, 6.45) is 0. The maximum absolute atomic E-state index is 5.99. The van der Waals surface area contributed by atoms with Gasteiger partial charge in [0.05, 0.1) is 11.4 Å². The highest BCUT2D eigenvalue weighted by Gasteiger charge is 2.06. The van der Waals surface area contributed by atoms with Gasteiger partial charge in [0.1, 0.15) is 0 Å². The van der Waals surface area contributed by atoms with Crippen molar-refractivity contribution in [3.05, 3.63) is 64.6 Å². The Morgan fingerprint density at radius 3 is 2.11 bits per heavy atom. The minimum atomic E-state index is 0.699. The van der Waals surface area contributed by atoms with E-state index in [9.17, 15) is 0 Å². The number of benzene rings is 2. The van der Waals surface area contributed by atoms with E-state index in [0.717, 1.165) is 22.5 Å². The van der Waals surface area contributed by atoms with Gasteiger partial charge in [-0.2, -0.15) is 5.10 Å². The molecule has 94 valence electrons. The summed E-state index contributed by atoms with van der Waals surface area (Å²) in [7, 11) is 0. The van der Waals surface area contributed by atoms with Crippen LogP contribution < -0.4 is 0 Å². The highest BCUT2D eigenvalue weighted by molar-refractivity contribution is 6.31. The van der Waals surface area contributed by atoms with Gasteiger partial charge in [-0.15, -0.1) is 0 Å². The second-order valence-electron chi connectivity index (χ2n) is 4.19. The lowest BCUT2D eigenvalue weighted by Gasteiger charge is -1.97. The molecule has 0 unspecified atom stereocenters. The van der Waals surface area contributed by atoms with Gasteiger partial charge in [0.25, 0.3) is 0 Å². The predicted molar refractivity (Wildman–Crippen MR) is 79.5 cm³/mol. The lowest BCUT2D eigenvalue weighted by molar-refractivity contribution is 1.10. The summed E-state index contributed by atoms with van der Waals surface area (Å²) in [6, 6.07) is 17.2. The Morgan fingerprint density at radius 1 is 0.789 bits per heavy atom. The van der Waals surface area contributed by atoms with Crippen molar-refractivity contribution in [2.24, 2.45) is 0 Å². The minimum absolute atomic E-state index is 0.699. The van der Waals surface area contributed by atoms with E-state index in [0.29, 0.717) is 10.0 Å². The van der Waals surface area contributed by atoms with Gasteiger partial charge in [-0.25, -0.2) is 0 Å². The third kappa shape index (κ3) is 2.65. The molecule has 4 heteroatoms. The van der Waals surface area contributed by atoms with E-state index in [1.54, 1.807) is 0 Å². The van der Waals surface area contributed by atoms with Crippen LogP contribution in [-0.4, -0.2) is 10.2 Å². The maximum Gasteiger partial charge on any atom is 0.0927 e. The summed E-state index contributed by atoms with van der Waals surface area (Å²) >= 11 is 12.0. The third-order valence-corrected chi connectivity index (χ3v) is 3.30. The number of aromatic amines is 1. The quantitative estimate of drug-likeness (QED) is 0.702. The maximum atomic E-state index is 5.99. The van der Waals surface area contributed by atoms with Crippen molar-refractivity contribution in [2.45, 2.75) is 0 Å². The van der Waals surface area contributed by atoms with E-state index in [4.69, 9.17) is 23.2 Å². The van der Waals surface area contributed by atoms with Crippen LogP contribution in [0.1, 0.15) is 0 Å². The van der Waals surface area contributed by atoms with Crippen LogP contribution in [0.4, 0.5) is 0 Å². The molecule has 0 amide bonds. The molecule has 0 fully saturated rings. The Bertz CT molecular complexity index is 659. The van der Waals surface area contributed by atoms with Crippen LogP contribution in [0.5, 0.6) is 0 Å². The summed E-state index contributed by atoms with van der Waals surface area (Å²) in [4.78, 5) is 0. The molecule has 0 radical (unpaired) electrons. The lowest BCUT2D eigenvalue weighted by Crippen LogP contribution is -1.77. The summed E-state index contributed by atoms with van der Waals surface area (Å²) in [5, 5.41) is 8.73. The SMILES string of the molecule is Clc1cccc(-c2cc(-c3cccc(Cl)c3)[nH]n2)c1. The fourth-order valence-corrected chi connectivity index (χ4v) is 2.30. The molecule has 1 N–H and O–H groups in total. The summed E-state index contributed by atoms with van der Waals surface area (Å²) < 4.78 is 0. The summed E-state index contributed by atoms with van der Waals surface area (Å²) in [5.41, 5.74) is 3.78. The van der Waals surface area contributed by atoms with Gasteiger partial charge in [-0.05, 0) is 30.3 Å². The van der Waals surface area contributed by atoms with Crippen LogP contribution in [0.15, 0.2) is 54.6 Å². The number of nitrogens with one attached hydrogen (secondary N) is 1. The van der Waals surface area contributed by atoms with E-state index >= 15 is 0 Å². The first-order valence-electron chi connectivity index (χ1n) is 5.80. The first kappa shape index (κ1) is 12.3. The zero-order valence-corrected chi connectivity index (χ0v) is 11.4. The van der Waals surface area contributed by atoms with E-state index in [1.165, 1.54) is 0 Å². The highest BCUT2D eigenvalue weighted by atomic mass is 35.5. The van der Waals surface area contributed by atoms with E-state index in [1.807, 2.05) is 54.6 Å². The zero-order chi connectivity index (χ0) is 13.2. The van der Waals surface area contributed by atoms with Crippen LogP contribution >= 0.6 is 23.2 Å². The summed E-state index contributed by atoms with van der Waals surface area (Å²) in [5.74, 6) is 0. The largest absolute Gasteiger partial charge is 0.277 e. The molecule has 1 heterocycles. The number of H-pyrrole nitrogens is 1. The molecule has 0 bridgehead atoms. The van der Waals surface area contributed by atoms with Crippen LogP contribution in [0, 0.1) is 0 Å². The Kier molecular flexibility index (Phi) is 3.28. The smallest absolute Gasteiger partial charge is 0.0927 e. The van der Waals surface area contributed by atoms with Gasteiger partial charge >= 0.3 is 0 Å². The van der Waals surface area contributed by atoms with Crippen molar-refractivity contribution >= 4 is 23.2 Å². The topological polar surface area (TPSA) is 28.7 Å². The fourth-order valence-electron chi connectivity index (χ4n) is 1.92. The molecule has 2 aromatic carbocycles. The van der Waals surface area contributed by atoms with Gasteiger partial charge in [0.2, 0.25) is 0 Å². The van der Waals surface area contributed by atoms with Crippen LogP contribution in [0.2, 0.25) is 10.0 Å². The van der Waals surface area contributed by atoms with E-state index in [2.05, 4.69) is 10.2 Å². The lowest BCUT2D eigenvalue weighted by atomic mass is 10.1. The van der Waals surface area contributed by atoms with Crippen molar-refractivity contribution in [1.29, 1.82) is 0 Å². The standard InChI is InChI=1S/C15H10Cl2N2/c16-12-5-1-3-10(7-12)14-9-15(19-18-14)11-4-2-6-13(17)8-11/h1-9H,(H,18,19). The molecule has 3 aromatic rings. The average Bonchev–Trinajstić information content (AvgIpc) is 2.88. The molecule has 0 saturated carbocycles. The number of nitrogens with zero attached hydrogens (tertiary/aromatic N) is 1. The molecule has 1 aromatic heterocycles. The zero-order valence-electron chi connectivity index (χ0n) is 9.90. The Balaban J connectivity index is 2.00. The molecule has 19 heavy (non-hydrogen) atoms. The molecule has 0 aliphatic rings. The molecule has 0 aliphatic carbocycles. The fraction of sp³-hybridized carbons (Fsp3) is 0. The molecular formula is C15H10Cl2N2. The van der Waals surface area contributed by atoms with Gasteiger partial charge in [-0.3, -0.25) is 5.10 Å². The number of hydrogen-bond acceptors (Lipinski definition) is 1. The first-order chi connectivity index (χ1) is 9.22. The van der Waals surface area contributed by atoms with E-state index in [-0.39, 0.29) is 0 Å². The molecule has 0 aliphatic heterocycles. The Hall–Kier alpha value is -1.77. The number of rotatable bonds is 2. The molecule has 0 atom stereocenters. The van der Waals surface area contributed by atoms with Crippen molar-refractivity contribution in [3.63, 3.8) is 0 Å². The van der Waals surface area contributed by atoms with Crippen LogP contribution in [0.25, 0.3) is 22.5 Å². The van der Waals surface area contributed by atoms with Crippen LogP contribution in [-0.2, 0) is 0 Å². The molecule has 0 spiro atoms. The Labute approximate surface area is 121 Å². The Morgan fingerprint density at radius 2 is 1.42 bits per heavy atom. The molecular weight excluding hydrogens is 279 g/mol. The normalized spacial score (nSPS) is 10.6. The monoisotopic (exact) mass is 288 g/mol. The third-order valence-electron chi connectivity index (χ3n) is 2.83. The second kappa shape index (κ2) is 5.08. The van der Waals surface area contributed by atoms with Crippen molar-refractivity contribution in [1.82, 2.24) is 10.2 Å². The van der Waals surface area contributed by atoms with Crippen LogP contribution in [0.3, 0.4) is 0 Å². The average molecular weight is 289 g/mol. The van der Waals surface area contributed by atoms with Crippen molar-refractivity contribution in [2.75, 3.05) is 0 Å². The van der Waals surface area contributed by atoms with Gasteiger partial charge in [-0.1, -0.05) is 47.5 Å². The van der Waals surface area contributed by atoms with Crippen molar-refractivity contribution in [3.8, 4) is 22.5 Å². The molecule has 3 rings (SSSR count). The van der Waals surface area contributed by atoms with Crippen molar-refractivity contribution < 1.29 is 0 Å². The highest BCUT2D eigenvalue weighted by Crippen LogP contribution is 2.26. The predicted octanol–water partition coefficient (Wildman–Crippen LogP) is 5.05. The van der Waals surface area contributed by atoms with Gasteiger partial charge < -0.3 is 0 Å². The molecule has 0 saturated heterocycles. The van der Waals surface area contributed by atoms with Gasteiger partial charge in [0, 0.05) is 21.2 Å². The molecule has 2 nitrogen and oxygen atoms in total. The number of halogens is 2. The second-order valence-corrected chi connectivity index (χ2v) is 5.06. The number of aromatic nitrogens is 2. The summed E-state index contributed by atoms with van der Waals surface area (Å²) in [6.45, 7) is 0. The van der Waals surface area contributed by atoms with E-state index < -0.39 is 0 Å². The van der Waals surface area contributed by atoms with Gasteiger partial charge in [0.15, 0.2) is 0 Å².